The van der Waals surface area contributed by atoms with Crippen LogP contribution in [0.5, 0.6) is 0 Å². The van der Waals surface area contributed by atoms with E-state index < -0.39 is 0 Å². The molecule has 6 heteroatoms. The Labute approximate surface area is 85.3 Å². The van der Waals surface area contributed by atoms with Gasteiger partial charge >= 0.3 is 12.1 Å². The van der Waals surface area contributed by atoms with E-state index in [9.17, 15) is 0 Å². The molecule has 13 heavy (non-hydrogen) atoms. The van der Waals surface area contributed by atoms with Crippen molar-refractivity contribution in [3.63, 3.8) is 0 Å². The van der Waals surface area contributed by atoms with Crippen LogP contribution in [0.2, 0.25) is 0 Å². The number of hydrogen-bond donors (Lipinski definition) is 1. The highest BCUT2D eigenvalue weighted by Crippen LogP contribution is 2.30. The monoisotopic (exact) mass is 219 g/mol. The molecule has 0 radical (unpaired) electrons. The van der Waals surface area contributed by atoms with Crippen LogP contribution < -0.4 is 0 Å². The molecule has 0 saturated carbocycles. The maximum absolute atomic E-state index is 8.95. The molecule has 0 amide bonds. The minimum Gasteiger partial charge on any atom is -0.476 e. The Morgan fingerprint density at radius 2 is 2.31 bits per heavy atom. The SMILES string of the molecule is N#[N+]C=C(O)OCC1SCCCS1. The number of thioether (sulfide) groups is 2. The van der Waals surface area contributed by atoms with Gasteiger partial charge in [-0.25, -0.2) is 0 Å². The van der Waals surface area contributed by atoms with Crippen LogP contribution in [0.1, 0.15) is 6.42 Å². The lowest BCUT2D eigenvalue weighted by molar-refractivity contribution is 0.101. The predicted molar refractivity (Wildman–Crippen MR) is 55.1 cm³/mol. The molecule has 1 fully saturated rings. The first-order valence-corrected chi connectivity index (χ1v) is 6.02. The summed E-state index contributed by atoms with van der Waals surface area (Å²) in [5.41, 5.74) is 0. The van der Waals surface area contributed by atoms with Crippen molar-refractivity contribution in [2.45, 2.75) is 11.0 Å². The molecular formula is C7H11N2O2S2+. The Morgan fingerprint density at radius 1 is 1.62 bits per heavy atom. The van der Waals surface area contributed by atoms with Crippen LogP contribution in [-0.4, -0.2) is 27.8 Å². The van der Waals surface area contributed by atoms with E-state index in [1.165, 1.54) is 6.42 Å². The minimum absolute atomic E-state index is 0.339. The lowest BCUT2D eigenvalue weighted by Gasteiger charge is -2.19. The van der Waals surface area contributed by atoms with Crippen molar-refractivity contribution in [2.75, 3.05) is 18.1 Å². The molecule has 1 N–H and O–H groups in total. The van der Waals surface area contributed by atoms with E-state index in [0.29, 0.717) is 11.2 Å². The van der Waals surface area contributed by atoms with Gasteiger partial charge in [0.2, 0.25) is 5.39 Å². The molecule has 0 aromatic rings. The highest BCUT2D eigenvalue weighted by molar-refractivity contribution is 8.17. The summed E-state index contributed by atoms with van der Waals surface area (Å²) in [4.78, 5) is 2.65. The van der Waals surface area contributed by atoms with E-state index in [4.69, 9.17) is 15.2 Å². The van der Waals surface area contributed by atoms with Gasteiger partial charge in [0.05, 0.1) is 4.58 Å². The van der Waals surface area contributed by atoms with Crippen LogP contribution in [0.25, 0.3) is 4.98 Å². The van der Waals surface area contributed by atoms with Crippen molar-refractivity contribution in [3.8, 4) is 0 Å². The fourth-order valence-corrected chi connectivity index (χ4v) is 3.49. The zero-order chi connectivity index (χ0) is 9.52. The third-order valence-corrected chi connectivity index (χ3v) is 4.31. The molecule has 1 rings (SSSR count). The summed E-state index contributed by atoms with van der Waals surface area (Å²) in [6.45, 7) is 0.452. The summed E-state index contributed by atoms with van der Waals surface area (Å²) in [5, 5.41) is 17.0. The normalized spacial score (nSPS) is 19.5. The van der Waals surface area contributed by atoms with Crippen LogP contribution >= 0.6 is 23.5 Å². The van der Waals surface area contributed by atoms with Gasteiger partial charge in [0, 0.05) is 0 Å². The van der Waals surface area contributed by atoms with Crippen molar-refractivity contribution in [1.29, 1.82) is 5.39 Å². The molecule has 1 heterocycles. The van der Waals surface area contributed by atoms with Crippen LogP contribution in [-0.2, 0) is 4.74 Å². The maximum Gasteiger partial charge on any atom is 0.429 e. The molecule has 0 aliphatic carbocycles. The summed E-state index contributed by atoms with van der Waals surface area (Å²) in [6.07, 6.45) is 2.11. The molecule has 0 bridgehead atoms. The van der Waals surface area contributed by atoms with Crippen LogP contribution in [0.15, 0.2) is 12.1 Å². The van der Waals surface area contributed by atoms with Gasteiger partial charge < -0.3 is 9.84 Å². The standard InChI is InChI=1S/C7H10N2O2S2/c8-9-4-6(10)11-5-7-12-2-1-3-13-7/h4,7H,1-3,5H2/p+1. The smallest absolute Gasteiger partial charge is 0.429 e. The molecular weight excluding hydrogens is 208 g/mol. The first-order chi connectivity index (χ1) is 6.33. The number of diazo groups is 1. The molecule has 0 spiro atoms. The van der Waals surface area contributed by atoms with Crippen LogP contribution in [0, 0.1) is 5.39 Å². The number of ether oxygens (including phenoxy) is 1. The Balaban J connectivity index is 2.18. The molecule has 1 aliphatic rings. The van der Waals surface area contributed by atoms with Gasteiger partial charge in [0.15, 0.2) is 4.98 Å². The van der Waals surface area contributed by atoms with Crippen molar-refractivity contribution >= 4 is 23.5 Å². The second kappa shape index (κ2) is 6.00. The van der Waals surface area contributed by atoms with Gasteiger partial charge in [-0.1, -0.05) is 0 Å². The number of nitrogens with zero attached hydrogens (tertiary/aromatic N) is 2. The average molecular weight is 219 g/mol. The molecule has 0 aromatic heterocycles. The Hall–Kier alpha value is -0.540. The first-order valence-electron chi connectivity index (χ1n) is 3.92. The van der Waals surface area contributed by atoms with Crippen LogP contribution in [0.3, 0.4) is 0 Å². The third kappa shape index (κ3) is 4.29. The fraction of sp³-hybridized carbons (Fsp3) is 0.714. The zero-order valence-electron chi connectivity index (χ0n) is 7.05. The Kier molecular flexibility index (Phi) is 4.86. The Morgan fingerprint density at radius 3 is 2.92 bits per heavy atom. The van der Waals surface area contributed by atoms with Gasteiger partial charge in [-0.2, -0.15) is 0 Å². The summed E-state index contributed by atoms with van der Waals surface area (Å²) in [5.74, 6) is 1.96. The molecule has 0 aromatic carbocycles. The topological polar surface area (TPSA) is 57.6 Å². The van der Waals surface area contributed by atoms with Gasteiger partial charge in [-0.05, 0) is 17.9 Å². The zero-order valence-corrected chi connectivity index (χ0v) is 8.68. The van der Waals surface area contributed by atoms with E-state index in [-0.39, 0.29) is 5.95 Å². The highest BCUT2D eigenvalue weighted by Gasteiger charge is 2.15. The average Bonchev–Trinajstić information content (AvgIpc) is 2.17. The summed E-state index contributed by atoms with van der Waals surface area (Å²) < 4.78 is 5.32. The lowest BCUT2D eigenvalue weighted by Crippen LogP contribution is -2.13. The van der Waals surface area contributed by atoms with Crippen molar-refractivity contribution in [3.05, 3.63) is 17.1 Å². The predicted octanol–water partition coefficient (Wildman–Crippen LogP) is 2.41. The number of aliphatic hydroxyl groups is 1. The van der Waals surface area contributed by atoms with Crippen LogP contribution in [0.4, 0.5) is 0 Å². The molecule has 1 saturated heterocycles. The summed E-state index contributed by atoms with van der Waals surface area (Å²) in [7, 11) is 0. The van der Waals surface area contributed by atoms with Crippen molar-refractivity contribution in [2.24, 2.45) is 0 Å². The maximum atomic E-state index is 8.95. The Bertz CT molecular complexity index is 221. The quantitative estimate of drug-likeness (QED) is 0.583. The molecule has 0 unspecified atom stereocenters. The summed E-state index contributed by atoms with van der Waals surface area (Å²) in [6, 6.07) is 0. The van der Waals surface area contributed by atoms with Gasteiger partial charge in [0.25, 0.3) is 0 Å². The molecule has 4 nitrogen and oxygen atoms in total. The van der Waals surface area contributed by atoms with E-state index in [1.807, 2.05) is 23.5 Å². The van der Waals surface area contributed by atoms with E-state index in [2.05, 4.69) is 4.98 Å². The lowest BCUT2D eigenvalue weighted by atomic mass is 10.6. The van der Waals surface area contributed by atoms with E-state index >= 15 is 0 Å². The van der Waals surface area contributed by atoms with E-state index in [1.54, 1.807) is 0 Å². The van der Waals surface area contributed by atoms with Gasteiger partial charge in [-0.15, -0.1) is 23.5 Å². The largest absolute Gasteiger partial charge is 0.476 e. The number of rotatable bonds is 3. The van der Waals surface area contributed by atoms with Crippen molar-refractivity contribution < 1.29 is 9.84 Å². The first kappa shape index (κ1) is 10.5. The number of aliphatic hydroxyl groups excluding tert-OH is 1. The molecule has 72 valence electrons. The third-order valence-electron chi connectivity index (χ3n) is 1.43. The molecule has 1 aliphatic heterocycles. The summed E-state index contributed by atoms with van der Waals surface area (Å²) >= 11 is 3.66. The van der Waals surface area contributed by atoms with Gasteiger partial charge in [-0.3, -0.25) is 0 Å². The fourth-order valence-electron chi connectivity index (χ4n) is 0.873. The second-order valence-electron chi connectivity index (χ2n) is 2.42. The highest BCUT2D eigenvalue weighted by atomic mass is 32.2. The minimum atomic E-state index is -0.339. The second-order valence-corrected chi connectivity index (χ2v) is 5.34. The number of hydrogen-bond acceptors (Lipinski definition) is 5. The van der Waals surface area contributed by atoms with Crippen molar-refractivity contribution in [1.82, 2.24) is 0 Å². The van der Waals surface area contributed by atoms with Gasteiger partial charge in [0.1, 0.15) is 6.61 Å². The molecule has 0 atom stereocenters. The van der Waals surface area contributed by atoms with E-state index in [0.717, 1.165) is 17.7 Å².